The van der Waals surface area contributed by atoms with Gasteiger partial charge < -0.3 is 15.5 Å². The highest BCUT2D eigenvalue weighted by molar-refractivity contribution is 14.0. The number of guanidine groups is 1. The summed E-state index contributed by atoms with van der Waals surface area (Å²) in [5.41, 5.74) is 1.66. The number of hydrogen-bond acceptors (Lipinski definition) is 2. The summed E-state index contributed by atoms with van der Waals surface area (Å²) in [5, 5.41) is 6.22. The van der Waals surface area contributed by atoms with Crippen molar-refractivity contribution >= 4 is 35.8 Å². The van der Waals surface area contributed by atoms with Crippen LogP contribution >= 0.6 is 24.0 Å². The molecular formula is C22H28F3IN4O. The number of hydrogen-bond donors (Lipinski definition) is 2. The Bertz CT molecular complexity index is 849. The van der Waals surface area contributed by atoms with E-state index in [0.717, 1.165) is 17.7 Å². The fraction of sp³-hybridized carbons (Fsp3) is 0.364. The number of alkyl halides is 3. The topological polar surface area (TPSA) is 56.7 Å². The zero-order valence-electron chi connectivity index (χ0n) is 17.8. The molecule has 0 atom stereocenters. The van der Waals surface area contributed by atoms with Crippen molar-refractivity contribution in [3.05, 3.63) is 70.8 Å². The van der Waals surface area contributed by atoms with Gasteiger partial charge in [-0.3, -0.25) is 9.79 Å². The third kappa shape index (κ3) is 8.04. The number of nitrogens with one attached hydrogen (secondary N) is 2. The zero-order chi connectivity index (χ0) is 22.1. The van der Waals surface area contributed by atoms with Gasteiger partial charge in [-0.05, 0) is 49.2 Å². The van der Waals surface area contributed by atoms with E-state index in [0.29, 0.717) is 43.3 Å². The van der Waals surface area contributed by atoms with Gasteiger partial charge in [-0.1, -0.05) is 24.3 Å². The minimum absolute atomic E-state index is 0. The van der Waals surface area contributed by atoms with Gasteiger partial charge in [0.15, 0.2) is 5.96 Å². The second-order valence-corrected chi connectivity index (χ2v) is 6.65. The molecule has 9 heteroatoms. The van der Waals surface area contributed by atoms with Gasteiger partial charge in [0.25, 0.3) is 5.91 Å². The van der Waals surface area contributed by atoms with Crippen LogP contribution < -0.4 is 10.6 Å². The van der Waals surface area contributed by atoms with Gasteiger partial charge in [-0.15, -0.1) is 24.0 Å². The van der Waals surface area contributed by atoms with E-state index in [2.05, 4.69) is 15.6 Å². The Kier molecular flexibility index (Phi) is 10.8. The molecule has 0 aliphatic heterocycles. The standard InChI is InChI=1S/C22H27F3N4O.HI/c1-4-29(5-2)20(30)18-10-6-16(7-11-18)14-27-21(26-3)28-15-17-8-12-19(13-9-17)22(23,24)25;/h6-13H,4-5,14-15H2,1-3H3,(H2,26,27,28);1H. The van der Waals surface area contributed by atoms with Gasteiger partial charge in [-0.25, -0.2) is 0 Å². The molecule has 1 amide bonds. The van der Waals surface area contributed by atoms with Crippen LogP contribution in [0.4, 0.5) is 13.2 Å². The maximum absolute atomic E-state index is 12.6. The van der Waals surface area contributed by atoms with Gasteiger partial charge in [-0.2, -0.15) is 13.2 Å². The lowest BCUT2D eigenvalue weighted by molar-refractivity contribution is -0.137. The monoisotopic (exact) mass is 548 g/mol. The highest BCUT2D eigenvalue weighted by Crippen LogP contribution is 2.29. The summed E-state index contributed by atoms with van der Waals surface area (Å²) in [6, 6.07) is 12.4. The number of carbonyl (C=O) groups excluding carboxylic acids is 1. The Morgan fingerprint density at radius 3 is 1.74 bits per heavy atom. The molecule has 2 aromatic carbocycles. The summed E-state index contributed by atoms with van der Waals surface area (Å²) in [6.07, 6.45) is -4.34. The molecule has 170 valence electrons. The fourth-order valence-electron chi connectivity index (χ4n) is 2.86. The van der Waals surface area contributed by atoms with Crippen molar-refractivity contribution in [3.8, 4) is 0 Å². The normalized spacial score (nSPS) is 11.5. The number of halogens is 4. The first kappa shape index (κ1) is 26.7. The molecular weight excluding hydrogens is 520 g/mol. The minimum Gasteiger partial charge on any atom is -0.352 e. The average molecular weight is 548 g/mol. The van der Waals surface area contributed by atoms with E-state index in [1.165, 1.54) is 12.1 Å². The molecule has 0 heterocycles. The van der Waals surface area contributed by atoms with E-state index in [-0.39, 0.29) is 29.9 Å². The van der Waals surface area contributed by atoms with E-state index < -0.39 is 11.7 Å². The predicted molar refractivity (Wildman–Crippen MR) is 128 cm³/mol. The van der Waals surface area contributed by atoms with Crippen LogP contribution in [-0.4, -0.2) is 36.9 Å². The van der Waals surface area contributed by atoms with Crippen LogP contribution in [0.2, 0.25) is 0 Å². The van der Waals surface area contributed by atoms with Crippen LogP contribution in [-0.2, 0) is 19.3 Å². The Balaban J connectivity index is 0.00000480. The van der Waals surface area contributed by atoms with Crippen molar-refractivity contribution in [1.82, 2.24) is 15.5 Å². The Morgan fingerprint density at radius 2 is 1.35 bits per heavy atom. The van der Waals surface area contributed by atoms with Crippen molar-refractivity contribution in [2.45, 2.75) is 33.1 Å². The molecule has 0 aliphatic carbocycles. The molecule has 2 aromatic rings. The molecule has 5 nitrogen and oxygen atoms in total. The molecule has 0 saturated carbocycles. The maximum atomic E-state index is 12.6. The number of nitrogens with zero attached hydrogens (tertiary/aromatic N) is 2. The van der Waals surface area contributed by atoms with Crippen molar-refractivity contribution in [2.75, 3.05) is 20.1 Å². The largest absolute Gasteiger partial charge is 0.416 e. The molecule has 31 heavy (non-hydrogen) atoms. The number of rotatable bonds is 7. The molecule has 0 spiro atoms. The van der Waals surface area contributed by atoms with Crippen LogP contribution in [0.15, 0.2) is 53.5 Å². The minimum atomic E-state index is -4.34. The second-order valence-electron chi connectivity index (χ2n) is 6.65. The fourth-order valence-corrected chi connectivity index (χ4v) is 2.86. The molecule has 0 radical (unpaired) electrons. The maximum Gasteiger partial charge on any atom is 0.416 e. The molecule has 0 unspecified atom stereocenters. The first-order valence-corrected chi connectivity index (χ1v) is 9.77. The van der Waals surface area contributed by atoms with Crippen molar-refractivity contribution in [3.63, 3.8) is 0 Å². The average Bonchev–Trinajstić information content (AvgIpc) is 2.74. The third-order valence-corrected chi connectivity index (χ3v) is 4.68. The van der Waals surface area contributed by atoms with E-state index >= 15 is 0 Å². The first-order valence-electron chi connectivity index (χ1n) is 9.77. The first-order chi connectivity index (χ1) is 14.3. The lowest BCUT2D eigenvalue weighted by atomic mass is 10.1. The smallest absolute Gasteiger partial charge is 0.352 e. The Morgan fingerprint density at radius 1 is 0.903 bits per heavy atom. The molecule has 0 bridgehead atoms. The van der Waals surface area contributed by atoms with E-state index in [9.17, 15) is 18.0 Å². The summed E-state index contributed by atoms with van der Waals surface area (Å²) >= 11 is 0. The van der Waals surface area contributed by atoms with Crippen molar-refractivity contribution in [1.29, 1.82) is 0 Å². The van der Waals surface area contributed by atoms with Gasteiger partial charge >= 0.3 is 6.18 Å². The second kappa shape index (κ2) is 12.5. The summed E-state index contributed by atoms with van der Waals surface area (Å²) in [7, 11) is 1.62. The van der Waals surface area contributed by atoms with Crippen molar-refractivity contribution in [2.24, 2.45) is 4.99 Å². The number of carbonyl (C=O) groups is 1. The molecule has 0 saturated heterocycles. The molecule has 0 aliphatic rings. The Hall–Kier alpha value is -2.30. The molecule has 2 rings (SSSR count). The van der Waals surface area contributed by atoms with Crippen LogP contribution in [0.3, 0.4) is 0 Å². The van der Waals surface area contributed by atoms with Gasteiger partial charge in [0.2, 0.25) is 0 Å². The van der Waals surface area contributed by atoms with Crippen LogP contribution in [0.25, 0.3) is 0 Å². The molecule has 0 aromatic heterocycles. The lowest BCUT2D eigenvalue weighted by Crippen LogP contribution is -2.36. The molecule has 0 fully saturated rings. The van der Waals surface area contributed by atoms with Crippen LogP contribution in [0.5, 0.6) is 0 Å². The van der Waals surface area contributed by atoms with Crippen molar-refractivity contribution < 1.29 is 18.0 Å². The quantitative estimate of drug-likeness (QED) is 0.301. The van der Waals surface area contributed by atoms with E-state index in [4.69, 9.17) is 0 Å². The summed E-state index contributed by atoms with van der Waals surface area (Å²) in [4.78, 5) is 18.2. The highest BCUT2D eigenvalue weighted by atomic mass is 127. The predicted octanol–water partition coefficient (Wildman–Crippen LogP) is 4.67. The zero-order valence-corrected chi connectivity index (χ0v) is 20.1. The number of benzene rings is 2. The Labute approximate surface area is 198 Å². The molecule has 2 N–H and O–H groups in total. The van der Waals surface area contributed by atoms with E-state index in [1.54, 1.807) is 24.1 Å². The lowest BCUT2D eigenvalue weighted by Gasteiger charge is -2.18. The SMILES string of the molecule is CCN(CC)C(=O)c1ccc(CNC(=NC)NCc2ccc(C(F)(F)F)cc2)cc1.I. The summed E-state index contributed by atoms with van der Waals surface area (Å²) in [5.74, 6) is 0.534. The van der Waals surface area contributed by atoms with Gasteiger partial charge in [0.05, 0.1) is 5.56 Å². The van der Waals surface area contributed by atoms with Gasteiger partial charge in [0, 0.05) is 38.8 Å². The van der Waals surface area contributed by atoms with E-state index in [1.807, 2.05) is 26.0 Å². The summed E-state index contributed by atoms with van der Waals surface area (Å²) < 4.78 is 37.9. The van der Waals surface area contributed by atoms with Crippen LogP contribution in [0.1, 0.15) is 40.9 Å². The van der Waals surface area contributed by atoms with Gasteiger partial charge in [0.1, 0.15) is 0 Å². The van der Waals surface area contributed by atoms with Crippen LogP contribution in [0, 0.1) is 0 Å². The number of amides is 1. The number of aliphatic imine (C=N–C) groups is 1. The third-order valence-electron chi connectivity index (χ3n) is 4.68. The summed E-state index contributed by atoms with van der Waals surface area (Å²) in [6.45, 7) is 6.06. The highest BCUT2D eigenvalue weighted by Gasteiger charge is 2.29.